The average molecular weight is 246 g/mol. The van der Waals surface area contributed by atoms with E-state index in [0.29, 0.717) is 12.6 Å². The number of nitrogens with one attached hydrogen (secondary N) is 1. The number of piperidine rings is 3. The van der Waals surface area contributed by atoms with Crippen LogP contribution in [0, 0.1) is 5.92 Å². The number of rotatable bonds is 4. The molecule has 2 bridgehead atoms. The van der Waals surface area contributed by atoms with Crippen LogP contribution in [0.5, 0.6) is 0 Å². The monoisotopic (exact) mass is 246 g/mol. The fraction of sp³-hybridized carbons (Fsp3) is 0.600. The van der Waals surface area contributed by atoms with Crippen molar-refractivity contribution in [3.63, 3.8) is 0 Å². The summed E-state index contributed by atoms with van der Waals surface area (Å²) in [6.45, 7) is 4.49. The minimum atomic E-state index is 0.630. The molecule has 1 atom stereocenters. The van der Waals surface area contributed by atoms with E-state index in [2.05, 4.69) is 34.5 Å². The van der Waals surface area contributed by atoms with Crippen LogP contribution >= 0.6 is 0 Å². The van der Waals surface area contributed by atoms with Crippen molar-refractivity contribution in [3.8, 4) is 0 Å². The number of methoxy groups -OCH3 is 1. The molecular formula is C15H22N2O. The Kier molecular flexibility index (Phi) is 3.52. The van der Waals surface area contributed by atoms with Crippen LogP contribution in [-0.2, 0) is 11.3 Å². The summed E-state index contributed by atoms with van der Waals surface area (Å²) in [7, 11) is 1.74. The van der Waals surface area contributed by atoms with E-state index in [9.17, 15) is 0 Å². The normalized spacial score (nSPS) is 30.4. The molecule has 3 saturated heterocycles. The number of hydrogen-bond acceptors (Lipinski definition) is 3. The van der Waals surface area contributed by atoms with Crippen molar-refractivity contribution in [3.05, 3.63) is 29.8 Å². The van der Waals surface area contributed by atoms with E-state index >= 15 is 0 Å². The van der Waals surface area contributed by atoms with Crippen molar-refractivity contribution in [1.29, 1.82) is 0 Å². The maximum absolute atomic E-state index is 5.19. The summed E-state index contributed by atoms with van der Waals surface area (Å²) in [5.41, 5.74) is 2.48. The Morgan fingerprint density at radius 1 is 1.33 bits per heavy atom. The van der Waals surface area contributed by atoms with Crippen molar-refractivity contribution < 1.29 is 4.74 Å². The lowest BCUT2D eigenvalue weighted by atomic mass is 9.84. The molecule has 3 aliphatic heterocycles. The molecule has 18 heavy (non-hydrogen) atoms. The minimum Gasteiger partial charge on any atom is -0.381 e. The average Bonchev–Trinajstić information content (AvgIpc) is 2.41. The van der Waals surface area contributed by atoms with Crippen LogP contribution in [0.3, 0.4) is 0 Å². The maximum Gasteiger partial charge on any atom is 0.0713 e. The molecule has 0 amide bonds. The van der Waals surface area contributed by atoms with Crippen LogP contribution < -0.4 is 5.32 Å². The molecule has 1 aromatic carbocycles. The smallest absolute Gasteiger partial charge is 0.0713 e. The second-order valence-corrected chi connectivity index (χ2v) is 5.52. The van der Waals surface area contributed by atoms with E-state index in [0.717, 1.165) is 5.92 Å². The molecule has 0 aromatic heterocycles. The fourth-order valence-electron chi connectivity index (χ4n) is 3.26. The number of fused-ring (bicyclic) bond motifs is 3. The first-order valence-electron chi connectivity index (χ1n) is 6.92. The number of ether oxygens (including phenoxy) is 1. The molecule has 3 nitrogen and oxygen atoms in total. The Balaban J connectivity index is 1.67. The molecule has 1 unspecified atom stereocenters. The third-order valence-corrected chi connectivity index (χ3v) is 4.25. The van der Waals surface area contributed by atoms with Gasteiger partial charge in [-0.05, 0) is 49.5 Å². The Hall–Kier alpha value is -1.06. The highest BCUT2D eigenvalue weighted by Crippen LogP contribution is 2.29. The second-order valence-electron chi connectivity index (χ2n) is 5.52. The molecule has 4 rings (SSSR count). The van der Waals surface area contributed by atoms with E-state index in [1.165, 1.54) is 43.7 Å². The van der Waals surface area contributed by atoms with Crippen LogP contribution in [0.1, 0.15) is 18.4 Å². The molecule has 0 spiro atoms. The highest BCUT2D eigenvalue weighted by Gasteiger charge is 2.33. The molecule has 0 aliphatic carbocycles. The summed E-state index contributed by atoms with van der Waals surface area (Å²) in [5.74, 6) is 0.862. The van der Waals surface area contributed by atoms with E-state index in [1.807, 2.05) is 0 Å². The van der Waals surface area contributed by atoms with Gasteiger partial charge in [0.1, 0.15) is 0 Å². The highest BCUT2D eigenvalue weighted by atomic mass is 16.5. The zero-order valence-electron chi connectivity index (χ0n) is 11.1. The first kappa shape index (κ1) is 12.0. The Labute approximate surface area is 109 Å². The third kappa shape index (κ3) is 2.52. The van der Waals surface area contributed by atoms with Crippen LogP contribution in [0.2, 0.25) is 0 Å². The SMILES string of the molecule is COCc1cccc(NC2CN3CCC2CC3)c1. The van der Waals surface area contributed by atoms with E-state index in [1.54, 1.807) is 7.11 Å². The van der Waals surface area contributed by atoms with E-state index in [4.69, 9.17) is 4.74 Å². The van der Waals surface area contributed by atoms with E-state index in [-0.39, 0.29) is 0 Å². The summed E-state index contributed by atoms with van der Waals surface area (Å²) in [4.78, 5) is 2.58. The van der Waals surface area contributed by atoms with Gasteiger partial charge in [0.15, 0.2) is 0 Å². The standard InChI is InChI=1S/C15H22N2O/c1-18-11-12-3-2-4-14(9-12)16-15-10-17-7-5-13(15)6-8-17/h2-4,9,13,15-16H,5-8,10-11H2,1H3. The minimum absolute atomic E-state index is 0.630. The Morgan fingerprint density at radius 3 is 2.83 bits per heavy atom. The maximum atomic E-state index is 5.19. The van der Waals surface area contributed by atoms with Crippen LogP contribution in [0.4, 0.5) is 5.69 Å². The summed E-state index contributed by atoms with van der Waals surface area (Å²) in [5, 5.41) is 3.71. The Bertz CT molecular complexity index is 399. The van der Waals surface area contributed by atoms with Gasteiger partial charge in [-0.15, -0.1) is 0 Å². The third-order valence-electron chi connectivity index (χ3n) is 4.25. The van der Waals surface area contributed by atoms with Gasteiger partial charge in [0.25, 0.3) is 0 Å². The van der Waals surface area contributed by atoms with Gasteiger partial charge in [-0.2, -0.15) is 0 Å². The van der Waals surface area contributed by atoms with Crippen molar-refractivity contribution in [2.45, 2.75) is 25.5 Å². The first-order chi connectivity index (χ1) is 8.85. The summed E-state index contributed by atoms with van der Waals surface area (Å²) in [6.07, 6.45) is 2.71. The van der Waals surface area contributed by atoms with Gasteiger partial charge in [0.05, 0.1) is 6.61 Å². The highest BCUT2D eigenvalue weighted by molar-refractivity contribution is 5.46. The van der Waals surface area contributed by atoms with Gasteiger partial charge in [-0.3, -0.25) is 0 Å². The molecule has 0 saturated carbocycles. The molecule has 3 fully saturated rings. The molecule has 1 aromatic rings. The molecule has 1 N–H and O–H groups in total. The molecule has 3 heteroatoms. The van der Waals surface area contributed by atoms with Gasteiger partial charge < -0.3 is 15.0 Å². The van der Waals surface area contributed by atoms with Crippen LogP contribution in [-0.4, -0.2) is 37.7 Å². The predicted molar refractivity (Wildman–Crippen MR) is 73.7 cm³/mol. The zero-order chi connectivity index (χ0) is 12.4. The lowest BCUT2D eigenvalue weighted by molar-refractivity contribution is 0.0975. The van der Waals surface area contributed by atoms with Gasteiger partial charge in [0, 0.05) is 25.4 Å². The first-order valence-corrected chi connectivity index (χ1v) is 6.92. The summed E-state index contributed by atoms with van der Waals surface area (Å²) in [6, 6.07) is 9.23. The molecule has 98 valence electrons. The van der Waals surface area contributed by atoms with Crippen LogP contribution in [0.25, 0.3) is 0 Å². The topological polar surface area (TPSA) is 24.5 Å². The lowest BCUT2D eigenvalue weighted by Gasteiger charge is -2.45. The lowest BCUT2D eigenvalue weighted by Crippen LogP contribution is -2.53. The van der Waals surface area contributed by atoms with Crippen molar-refractivity contribution in [1.82, 2.24) is 4.90 Å². The van der Waals surface area contributed by atoms with Crippen molar-refractivity contribution in [2.24, 2.45) is 5.92 Å². The van der Waals surface area contributed by atoms with Crippen molar-refractivity contribution in [2.75, 3.05) is 32.1 Å². The van der Waals surface area contributed by atoms with Crippen molar-refractivity contribution >= 4 is 5.69 Å². The quantitative estimate of drug-likeness (QED) is 0.882. The number of benzene rings is 1. The van der Waals surface area contributed by atoms with E-state index < -0.39 is 0 Å². The fourth-order valence-corrected chi connectivity index (χ4v) is 3.26. The van der Waals surface area contributed by atoms with Crippen LogP contribution in [0.15, 0.2) is 24.3 Å². The summed E-state index contributed by atoms with van der Waals surface area (Å²) >= 11 is 0. The molecule has 3 heterocycles. The predicted octanol–water partition coefficient (Wildman–Crippen LogP) is 2.34. The molecule has 0 radical (unpaired) electrons. The zero-order valence-corrected chi connectivity index (χ0v) is 11.1. The van der Waals surface area contributed by atoms with Gasteiger partial charge >= 0.3 is 0 Å². The molecular weight excluding hydrogens is 224 g/mol. The number of anilines is 1. The largest absolute Gasteiger partial charge is 0.381 e. The number of hydrogen-bond donors (Lipinski definition) is 1. The van der Waals surface area contributed by atoms with Gasteiger partial charge in [0.2, 0.25) is 0 Å². The Morgan fingerprint density at radius 2 is 2.17 bits per heavy atom. The number of nitrogens with zero attached hydrogens (tertiary/aromatic N) is 1. The van der Waals surface area contributed by atoms with Gasteiger partial charge in [-0.1, -0.05) is 12.1 Å². The summed E-state index contributed by atoms with van der Waals surface area (Å²) < 4.78 is 5.19. The van der Waals surface area contributed by atoms with Gasteiger partial charge in [-0.25, -0.2) is 0 Å². The second kappa shape index (κ2) is 5.29. The molecule has 3 aliphatic rings.